The zero-order chi connectivity index (χ0) is 14.8. The third-order valence-corrected chi connectivity index (χ3v) is 4.49. The maximum absolute atomic E-state index is 13.3. The summed E-state index contributed by atoms with van der Waals surface area (Å²) < 4.78 is 13.3. The summed E-state index contributed by atoms with van der Waals surface area (Å²) in [4.78, 5) is 0. The lowest BCUT2D eigenvalue weighted by Crippen LogP contribution is -2.41. The van der Waals surface area contributed by atoms with Gasteiger partial charge in [0.15, 0.2) is 0 Å². The smallest absolute Gasteiger partial charge is 0.123 e. The normalized spacial score (nSPS) is 22.6. The Morgan fingerprint density at radius 1 is 1.10 bits per heavy atom. The van der Waals surface area contributed by atoms with Gasteiger partial charge in [-0.15, -0.1) is 0 Å². The van der Waals surface area contributed by atoms with E-state index in [0.29, 0.717) is 12.0 Å². The predicted molar refractivity (Wildman–Crippen MR) is 84.9 cm³/mol. The third kappa shape index (κ3) is 3.33. The summed E-state index contributed by atoms with van der Waals surface area (Å²) in [5.74, 6) is 0.509. The SMILES string of the molecule is Cc1cccc(C2CC(N[C@H](C)c3cccc(F)c3)C2)c1. The summed E-state index contributed by atoms with van der Waals surface area (Å²) in [6.45, 7) is 4.25. The second-order valence-corrected chi connectivity index (χ2v) is 6.22. The Hall–Kier alpha value is -1.67. The van der Waals surface area contributed by atoms with Crippen molar-refractivity contribution in [2.75, 3.05) is 0 Å². The Morgan fingerprint density at radius 3 is 2.57 bits per heavy atom. The lowest BCUT2D eigenvalue weighted by molar-refractivity contribution is 0.270. The van der Waals surface area contributed by atoms with Gasteiger partial charge in [-0.3, -0.25) is 0 Å². The highest BCUT2D eigenvalue weighted by molar-refractivity contribution is 5.28. The molecule has 0 bridgehead atoms. The standard InChI is InChI=1S/C19H22FN/c1-13-5-3-7-16(9-13)17-11-19(12-17)21-14(2)15-6-4-8-18(20)10-15/h3-10,14,17,19,21H,11-12H2,1-2H3/t14-,17?,19?/m1/s1. The molecule has 110 valence electrons. The number of hydrogen-bond acceptors (Lipinski definition) is 1. The van der Waals surface area contributed by atoms with E-state index in [1.165, 1.54) is 30.0 Å². The monoisotopic (exact) mass is 283 g/mol. The highest BCUT2D eigenvalue weighted by Crippen LogP contribution is 2.38. The van der Waals surface area contributed by atoms with Gasteiger partial charge in [-0.25, -0.2) is 4.39 Å². The van der Waals surface area contributed by atoms with Gasteiger partial charge in [-0.2, -0.15) is 0 Å². The maximum Gasteiger partial charge on any atom is 0.123 e. The maximum atomic E-state index is 13.3. The van der Waals surface area contributed by atoms with Crippen LogP contribution in [0.25, 0.3) is 0 Å². The zero-order valence-corrected chi connectivity index (χ0v) is 12.6. The first kappa shape index (κ1) is 14.3. The van der Waals surface area contributed by atoms with Crippen LogP contribution < -0.4 is 5.32 Å². The molecule has 1 atom stereocenters. The second-order valence-electron chi connectivity index (χ2n) is 6.22. The summed E-state index contributed by atoms with van der Waals surface area (Å²) >= 11 is 0. The van der Waals surface area contributed by atoms with Crippen LogP contribution in [0.5, 0.6) is 0 Å². The summed E-state index contributed by atoms with van der Waals surface area (Å²) in [5.41, 5.74) is 3.80. The van der Waals surface area contributed by atoms with Gasteiger partial charge < -0.3 is 5.32 Å². The summed E-state index contributed by atoms with van der Waals surface area (Å²) in [6.07, 6.45) is 2.34. The van der Waals surface area contributed by atoms with Crippen LogP contribution in [-0.4, -0.2) is 6.04 Å². The zero-order valence-electron chi connectivity index (χ0n) is 12.6. The van der Waals surface area contributed by atoms with Crippen molar-refractivity contribution in [3.8, 4) is 0 Å². The Balaban J connectivity index is 1.55. The van der Waals surface area contributed by atoms with Crippen LogP contribution in [-0.2, 0) is 0 Å². The highest BCUT2D eigenvalue weighted by Gasteiger charge is 2.31. The summed E-state index contributed by atoms with van der Waals surface area (Å²) in [7, 11) is 0. The quantitative estimate of drug-likeness (QED) is 0.855. The molecule has 0 amide bonds. The molecule has 2 aromatic carbocycles. The van der Waals surface area contributed by atoms with Gasteiger partial charge in [0.1, 0.15) is 5.82 Å². The fourth-order valence-electron chi connectivity index (χ4n) is 3.18. The summed E-state index contributed by atoms with van der Waals surface area (Å²) in [6, 6.07) is 16.4. The van der Waals surface area contributed by atoms with Crippen LogP contribution in [0.3, 0.4) is 0 Å². The largest absolute Gasteiger partial charge is 0.307 e. The number of hydrogen-bond donors (Lipinski definition) is 1. The lowest BCUT2D eigenvalue weighted by Gasteiger charge is -2.38. The van der Waals surface area contributed by atoms with E-state index in [2.05, 4.69) is 43.4 Å². The number of benzene rings is 2. The molecule has 1 saturated carbocycles. The van der Waals surface area contributed by atoms with E-state index in [0.717, 1.165) is 5.56 Å². The van der Waals surface area contributed by atoms with Crippen molar-refractivity contribution >= 4 is 0 Å². The number of nitrogens with one attached hydrogen (secondary N) is 1. The average Bonchev–Trinajstić information content (AvgIpc) is 2.42. The Morgan fingerprint density at radius 2 is 1.86 bits per heavy atom. The van der Waals surface area contributed by atoms with Gasteiger partial charge in [0.05, 0.1) is 0 Å². The molecule has 1 aliphatic rings. The number of rotatable bonds is 4. The number of aryl methyl sites for hydroxylation is 1. The molecule has 21 heavy (non-hydrogen) atoms. The minimum atomic E-state index is -0.160. The Kier molecular flexibility index (Phi) is 4.07. The van der Waals surface area contributed by atoms with Crippen molar-refractivity contribution in [3.63, 3.8) is 0 Å². The van der Waals surface area contributed by atoms with Crippen LogP contribution in [0, 0.1) is 12.7 Å². The third-order valence-electron chi connectivity index (χ3n) is 4.49. The van der Waals surface area contributed by atoms with Crippen LogP contribution >= 0.6 is 0 Å². The second kappa shape index (κ2) is 5.98. The van der Waals surface area contributed by atoms with Crippen LogP contribution in [0.4, 0.5) is 4.39 Å². The molecule has 1 aliphatic carbocycles. The van der Waals surface area contributed by atoms with Crippen LogP contribution in [0.1, 0.15) is 48.4 Å². The molecular formula is C19H22FN. The molecule has 0 unspecified atom stereocenters. The minimum absolute atomic E-state index is 0.160. The van der Waals surface area contributed by atoms with Gasteiger partial charge in [0, 0.05) is 12.1 Å². The van der Waals surface area contributed by atoms with Crippen molar-refractivity contribution in [1.82, 2.24) is 5.32 Å². The number of halogens is 1. The fourth-order valence-corrected chi connectivity index (χ4v) is 3.18. The van der Waals surface area contributed by atoms with Gasteiger partial charge in [0.25, 0.3) is 0 Å². The first-order valence-corrected chi connectivity index (χ1v) is 7.70. The molecule has 0 aromatic heterocycles. The minimum Gasteiger partial charge on any atom is -0.307 e. The highest BCUT2D eigenvalue weighted by atomic mass is 19.1. The van der Waals surface area contributed by atoms with E-state index in [1.54, 1.807) is 12.1 Å². The van der Waals surface area contributed by atoms with E-state index in [9.17, 15) is 4.39 Å². The molecule has 0 saturated heterocycles. The van der Waals surface area contributed by atoms with Gasteiger partial charge in [-0.05, 0) is 55.9 Å². The molecule has 1 N–H and O–H groups in total. The van der Waals surface area contributed by atoms with E-state index in [1.807, 2.05) is 6.07 Å². The van der Waals surface area contributed by atoms with Crippen molar-refractivity contribution in [2.24, 2.45) is 0 Å². The van der Waals surface area contributed by atoms with Crippen molar-refractivity contribution in [3.05, 3.63) is 71.0 Å². The topological polar surface area (TPSA) is 12.0 Å². The molecule has 0 spiro atoms. The van der Waals surface area contributed by atoms with E-state index < -0.39 is 0 Å². The molecule has 3 rings (SSSR count). The van der Waals surface area contributed by atoms with E-state index >= 15 is 0 Å². The molecule has 2 heteroatoms. The molecule has 2 aromatic rings. The molecule has 0 aliphatic heterocycles. The van der Waals surface area contributed by atoms with Gasteiger partial charge >= 0.3 is 0 Å². The predicted octanol–water partition coefficient (Wildman–Crippen LogP) is 4.73. The fraction of sp³-hybridized carbons (Fsp3) is 0.368. The Bertz CT molecular complexity index is 616. The van der Waals surface area contributed by atoms with Crippen LogP contribution in [0.15, 0.2) is 48.5 Å². The molecule has 1 fully saturated rings. The van der Waals surface area contributed by atoms with Gasteiger partial charge in [-0.1, -0.05) is 42.0 Å². The first-order valence-electron chi connectivity index (χ1n) is 7.70. The molecule has 0 radical (unpaired) electrons. The van der Waals surface area contributed by atoms with E-state index in [4.69, 9.17) is 0 Å². The van der Waals surface area contributed by atoms with Crippen LogP contribution in [0.2, 0.25) is 0 Å². The Labute approximate surface area is 126 Å². The van der Waals surface area contributed by atoms with Crippen molar-refractivity contribution in [2.45, 2.75) is 44.7 Å². The van der Waals surface area contributed by atoms with Gasteiger partial charge in [0.2, 0.25) is 0 Å². The molecule has 0 heterocycles. The summed E-state index contributed by atoms with van der Waals surface area (Å²) in [5, 5.41) is 3.61. The first-order chi connectivity index (χ1) is 10.1. The lowest BCUT2D eigenvalue weighted by atomic mass is 9.75. The average molecular weight is 283 g/mol. The van der Waals surface area contributed by atoms with E-state index in [-0.39, 0.29) is 11.9 Å². The molecular weight excluding hydrogens is 261 g/mol. The van der Waals surface area contributed by atoms with Crippen molar-refractivity contribution < 1.29 is 4.39 Å². The molecule has 1 nitrogen and oxygen atoms in total. The van der Waals surface area contributed by atoms with Crippen molar-refractivity contribution in [1.29, 1.82) is 0 Å².